The zero-order chi connectivity index (χ0) is 9.23. The van der Waals surface area contributed by atoms with Gasteiger partial charge in [0.05, 0.1) is 5.41 Å². The van der Waals surface area contributed by atoms with Crippen molar-refractivity contribution in [2.45, 2.75) is 42.0 Å². The van der Waals surface area contributed by atoms with Crippen molar-refractivity contribution >= 4 is 11.6 Å². The van der Waals surface area contributed by atoms with Crippen molar-refractivity contribution in [1.29, 1.82) is 0 Å². The Bertz CT molecular complexity index is 178. The molecule has 0 amide bonds. The first kappa shape index (κ1) is 13.9. The fraction of sp³-hybridized carbons (Fsp3) is 0.800. The molecule has 0 fully saturated rings. The van der Waals surface area contributed by atoms with Gasteiger partial charge in [0.2, 0.25) is 0 Å². The summed E-state index contributed by atoms with van der Waals surface area (Å²) in [5.41, 5.74) is -0.797. The van der Waals surface area contributed by atoms with Gasteiger partial charge in [-0.2, -0.15) is 0 Å². The maximum absolute atomic E-state index is 11.4. The topological polar surface area (TPSA) is 34.1 Å². The predicted octanol–water partition coefficient (Wildman–Crippen LogP) is 2.46. The Morgan fingerprint density at radius 3 is 1.58 bits per heavy atom. The number of rotatable bonds is 3. The maximum Gasteiger partial charge on any atom is 0.148 e. The summed E-state index contributed by atoms with van der Waals surface area (Å²) in [5, 5.41) is 0. The summed E-state index contributed by atoms with van der Waals surface area (Å²) in [6.07, 6.45) is 0. The van der Waals surface area contributed by atoms with Crippen LogP contribution in [0.15, 0.2) is 0 Å². The Morgan fingerprint density at radius 1 is 1.17 bits per heavy atom. The summed E-state index contributed by atoms with van der Waals surface area (Å²) in [4.78, 5) is 22.4. The Hall–Kier alpha value is -0.660. The Kier molecular flexibility index (Phi) is 5.08. The molecular formula is C10H20O2. The van der Waals surface area contributed by atoms with Gasteiger partial charge in [-0.1, -0.05) is 21.3 Å². The van der Waals surface area contributed by atoms with Crippen molar-refractivity contribution in [1.82, 2.24) is 0 Å². The van der Waals surface area contributed by atoms with Crippen molar-refractivity contribution in [3.05, 3.63) is 0 Å². The number of Topliss-reactive ketones (excluding diaryl/α,β-unsaturated/α-hetero) is 2. The van der Waals surface area contributed by atoms with Crippen molar-refractivity contribution in [3.63, 3.8) is 0 Å². The smallest absolute Gasteiger partial charge is 0.148 e. The third-order valence-corrected chi connectivity index (χ3v) is 2.02. The molecule has 0 saturated carbocycles. The van der Waals surface area contributed by atoms with Crippen LogP contribution in [-0.4, -0.2) is 11.6 Å². The monoisotopic (exact) mass is 172 g/mol. The molecule has 2 heteroatoms. The average Bonchev–Trinajstić information content (AvgIpc) is 1.85. The van der Waals surface area contributed by atoms with Gasteiger partial charge in [0.25, 0.3) is 0 Å². The van der Waals surface area contributed by atoms with Gasteiger partial charge in [-0.3, -0.25) is 9.59 Å². The first-order valence-electron chi connectivity index (χ1n) is 3.85. The van der Waals surface area contributed by atoms with Crippen LogP contribution < -0.4 is 0 Å². The zero-order valence-electron chi connectivity index (χ0n) is 7.89. The highest BCUT2D eigenvalue weighted by molar-refractivity contribution is 6.05. The third kappa shape index (κ3) is 2.76. The molecule has 0 atom stereocenters. The van der Waals surface area contributed by atoms with Crippen molar-refractivity contribution in [3.8, 4) is 0 Å². The van der Waals surface area contributed by atoms with Gasteiger partial charge in [0.1, 0.15) is 11.6 Å². The normalized spacial score (nSPS) is 10.8. The third-order valence-electron chi connectivity index (χ3n) is 2.02. The number of carbonyl (C=O) groups is 2. The van der Waals surface area contributed by atoms with E-state index < -0.39 is 5.41 Å². The highest BCUT2D eigenvalue weighted by atomic mass is 16.2. The summed E-state index contributed by atoms with van der Waals surface area (Å²) in [6, 6.07) is 0. The fourth-order valence-corrected chi connectivity index (χ4v) is 0.895. The number of ketones is 2. The van der Waals surface area contributed by atoms with Crippen molar-refractivity contribution in [2.24, 2.45) is 11.3 Å². The second-order valence-corrected chi connectivity index (χ2v) is 3.70. The lowest BCUT2D eigenvalue weighted by Crippen LogP contribution is -2.34. The molecule has 0 aliphatic carbocycles. The van der Waals surface area contributed by atoms with Gasteiger partial charge in [-0.05, 0) is 20.8 Å². The van der Waals surface area contributed by atoms with E-state index >= 15 is 0 Å². The Balaban J connectivity index is 0. The van der Waals surface area contributed by atoms with E-state index in [4.69, 9.17) is 0 Å². The lowest BCUT2D eigenvalue weighted by atomic mass is 9.79. The van der Waals surface area contributed by atoms with E-state index in [0.29, 0.717) is 0 Å². The van der Waals surface area contributed by atoms with Crippen LogP contribution in [0.5, 0.6) is 0 Å². The summed E-state index contributed by atoms with van der Waals surface area (Å²) >= 11 is 0. The Morgan fingerprint density at radius 2 is 1.50 bits per heavy atom. The van der Waals surface area contributed by atoms with Crippen LogP contribution >= 0.6 is 0 Å². The highest BCUT2D eigenvalue weighted by Gasteiger charge is 2.33. The summed E-state index contributed by atoms with van der Waals surface area (Å²) < 4.78 is 0. The van der Waals surface area contributed by atoms with Crippen molar-refractivity contribution in [2.75, 3.05) is 0 Å². The van der Waals surface area contributed by atoms with Crippen molar-refractivity contribution < 1.29 is 9.59 Å². The fourth-order valence-electron chi connectivity index (χ4n) is 0.895. The Labute approximate surface area is 75.4 Å². The molecule has 0 unspecified atom stereocenters. The molecular weight excluding hydrogens is 152 g/mol. The van der Waals surface area contributed by atoms with Crippen LogP contribution in [0, 0.1) is 11.3 Å². The van der Waals surface area contributed by atoms with Gasteiger partial charge in [-0.25, -0.2) is 0 Å². The number of carbonyl (C=O) groups excluding carboxylic acids is 2. The summed E-state index contributed by atoms with van der Waals surface area (Å²) in [6.45, 7) is 8.44. The maximum atomic E-state index is 11.4. The second-order valence-electron chi connectivity index (χ2n) is 3.70. The van der Waals surface area contributed by atoms with Crippen LogP contribution in [0.4, 0.5) is 0 Å². The molecule has 0 saturated heterocycles. The molecule has 0 aromatic carbocycles. The molecule has 0 aromatic rings. The molecule has 0 rings (SSSR count). The van der Waals surface area contributed by atoms with E-state index in [0.717, 1.165) is 0 Å². The molecule has 0 aliphatic heterocycles. The van der Waals surface area contributed by atoms with E-state index in [9.17, 15) is 9.59 Å². The molecule has 12 heavy (non-hydrogen) atoms. The van der Waals surface area contributed by atoms with E-state index in [2.05, 4.69) is 0 Å². The van der Waals surface area contributed by atoms with E-state index in [1.807, 2.05) is 13.8 Å². The van der Waals surface area contributed by atoms with Crippen LogP contribution in [0.25, 0.3) is 0 Å². The zero-order valence-corrected chi connectivity index (χ0v) is 7.89. The minimum absolute atomic E-state index is 0. The number of hydrogen-bond acceptors (Lipinski definition) is 2. The summed E-state index contributed by atoms with van der Waals surface area (Å²) in [7, 11) is 0. The van der Waals surface area contributed by atoms with Crippen LogP contribution in [-0.2, 0) is 9.59 Å². The minimum atomic E-state index is -0.797. The number of hydrogen-bond donors (Lipinski definition) is 0. The SMILES string of the molecule is C.CC(=O)C(C)(C)C(=O)C(C)C. The highest BCUT2D eigenvalue weighted by Crippen LogP contribution is 2.21. The molecule has 0 radical (unpaired) electrons. The first-order chi connectivity index (χ1) is 4.80. The predicted molar refractivity (Wildman–Crippen MR) is 51.0 cm³/mol. The molecule has 72 valence electrons. The standard InChI is InChI=1S/C9H16O2.CH4/c1-6(2)8(11)9(4,5)7(3)10;/h6H,1-5H3;1H4. The molecule has 2 nitrogen and oxygen atoms in total. The molecule has 0 heterocycles. The average molecular weight is 172 g/mol. The van der Waals surface area contributed by atoms with Gasteiger partial charge in [0.15, 0.2) is 0 Å². The van der Waals surface area contributed by atoms with Gasteiger partial charge >= 0.3 is 0 Å². The van der Waals surface area contributed by atoms with Crippen LogP contribution in [0.3, 0.4) is 0 Å². The van der Waals surface area contributed by atoms with E-state index in [1.54, 1.807) is 13.8 Å². The molecule has 0 aliphatic rings. The molecule has 0 bridgehead atoms. The summed E-state index contributed by atoms with van der Waals surface area (Å²) in [5.74, 6) is -0.102. The molecule has 0 spiro atoms. The lowest BCUT2D eigenvalue weighted by Gasteiger charge is -2.21. The van der Waals surface area contributed by atoms with Crippen LogP contribution in [0.1, 0.15) is 42.0 Å². The van der Waals surface area contributed by atoms with Gasteiger partial charge in [-0.15, -0.1) is 0 Å². The quantitative estimate of drug-likeness (QED) is 0.613. The van der Waals surface area contributed by atoms with Crippen LogP contribution in [0.2, 0.25) is 0 Å². The second kappa shape index (κ2) is 4.39. The largest absolute Gasteiger partial charge is 0.299 e. The van der Waals surface area contributed by atoms with Gasteiger partial charge in [0, 0.05) is 5.92 Å². The molecule has 0 aromatic heterocycles. The minimum Gasteiger partial charge on any atom is -0.299 e. The van der Waals surface area contributed by atoms with E-state index in [-0.39, 0.29) is 24.9 Å². The molecule has 0 N–H and O–H groups in total. The van der Waals surface area contributed by atoms with E-state index in [1.165, 1.54) is 6.92 Å². The lowest BCUT2D eigenvalue weighted by molar-refractivity contribution is -0.139. The van der Waals surface area contributed by atoms with Gasteiger partial charge < -0.3 is 0 Å². The first-order valence-corrected chi connectivity index (χ1v) is 3.85.